The lowest BCUT2D eigenvalue weighted by Crippen LogP contribution is -2.31. The van der Waals surface area contributed by atoms with Crippen LogP contribution in [-0.4, -0.2) is 14.5 Å². The number of para-hydroxylation sites is 2. The van der Waals surface area contributed by atoms with Gasteiger partial charge in [0.15, 0.2) is 23.0 Å². The highest BCUT2D eigenvalue weighted by Gasteiger charge is 2.37. The first-order valence-electron chi connectivity index (χ1n) is 12.7. The van der Waals surface area contributed by atoms with Crippen LogP contribution >= 0.6 is 0 Å². The normalized spacial score (nSPS) is 13.5. The van der Waals surface area contributed by atoms with Crippen LogP contribution in [0.2, 0.25) is 0 Å². The second-order valence-corrected chi connectivity index (χ2v) is 10.2. The summed E-state index contributed by atoms with van der Waals surface area (Å²) in [5.41, 5.74) is 7.38. The number of hydrogen-bond acceptors (Lipinski definition) is 3. The lowest BCUT2D eigenvalue weighted by atomic mass is 9.74. The molecule has 1 aliphatic heterocycles. The van der Waals surface area contributed by atoms with Crippen molar-refractivity contribution in [3.05, 3.63) is 131 Å². The van der Waals surface area contributed by atoms with Crippen LogP contribution in [0.5, 0.6) is 0 Å². The Labute approximate surface area is 226 Å². The molecule has 0 radical (unpaired) electrons. The first-order valence-corrected chi connectivity index (χ1v) is 12.7. The molecule has 0 aliphatic carbocycles. The monoisotopic (exact) mass is 502 g/mol. The average Bonchev–Trinajstić information content (AvgIpc) is 3.30. The van der Waals surface area contributed by atoms with E-state index in [2.05, 4.69) is 86.5 Å². The maximum absolute atomic E-state index is 7.51. The molecule has 6 nitrogen and oxygen atoms in total. The quantitative estimate of drug-likeness (QED) is 0.222. The molecule has 0 saturated heterocycles. The Bertz CT molecular complexity index is 1920. The van der Waals surface area contributed by atoms with Gasteiger partial charge in [-0.15, -0.1) is 0 Å². The van der Waals surface area contributed by atoms with Crippen molar-refractivity contribution in [2.75, 3.05) is 4.90 Å². The van der Waals surface area contributed by atoms with Crippen molar-refractivity contribution < 1.29 is 0 Å². The number of hydrogen-bond donors (Lipinski definition) is 0. The van der Waals surface area contributed by atoms with Crippen LogP contribution in [0.1, 0.15) is 25.0 Å². The van der Waals surface area contributed by atoms with E-state index in [1.165, 1.54) is 11.1 Å². The van der Waals surface area contributed by atoms with E-state index in [0.29, 0.717) is 23.0 Å². The molecule has 39 heavy (non-hydrogen) atoms. The van der Waals surface area contributed by atoms with E-state index < -0.39 is 0 Å². The van der Waals surface area contributed by atoms with E-state index in [1.54, 1.807) is 12.4 Å². The Morgan fingerprint density at radius 3 is 1.72 bits per heavy atom. The molecule has 0 unspecified atom stereocenters. The topological polar surface area (TPSA) is 42.7 Å². The first kappa shape index (κ1) is 22.7. The van der Waals surface area contributed by atoms with E-state index in [4.69, 9.17) is 18.1 Å². The zero-order chi connectivity index (χ0) is 26.7. The van der Waals surface area contributed by atoms with Crippen molar-refractivity contribution >= 4 is 50.4 Å². The third kappa shape index (κ3) is 3.26. The second-order valence-electron chi connectivity index (χ2n) is 10.2. The van der Waals surface area contributed by atoms with Crippen LogP contribution in [0.4, 0.5) is 28.6 Å². The van der Waals surface area contributed by atoms with E-state index in [-0.39, 0.29) is 5.41 Å². The predicted octanol–water partition coefficient (Wildman–Crippen LogP) is 8.78. The first-order chi connectivity index (χ1) is 19.0. The highest BCUT2D eigenvalue weighted by atomic mass is 15.2. The van der Waals surface area contributed by atoms with Gasteiger partial charge in [0.25, 0.3) is 0 Å². The minimum absolute atomic E-state index is 0.164. The summed E-state index contributed by atoms with van der Waals surface area (Å²) in [5.74, 6) is 1.38. The van der Waals surface area contributed by atoms with Gasteiger partial charge < -0.3 is 0 Å². The maximum Gasteiger partial charge on any atom is 0.188 e. The highest BCUT2D eigenvalue weighted by Crippen LogP contribution is 2.51. The molecule has 184 valence electrons. The maximum atomic E-state index is 7.51. The summed E-state index contributed by atoms with van der Waals surface area (Å²) in [6.07, 6.45) is 3.57. The molecule has 0 amide bonds. The van der Waals surface area contributed by atoms with E-state index in [9.17, 15) is 0 Å². The summed E-state index contributed by atoms with van der Waals surface area (Å²) < 4.78 is 2.06. The lowest BCUT2D eigenvalue weighted by Gasteiger charge is -2.41. The van der Waals surface area contributed by atoms with Crippen LogP contribution in [0.3, 0.4) is 0 Å². The van der Waals surface area contributed by atoms with Gasteiger partial charge >= 0.3 is 0 Å². The van der Waals surface area contributed by atoms with Gasteiger partial charge in [0.1, 0.15) is 0 Å². The van der Waals surface area contributed by atoms with Crippen LogP contribution in [0.15, 0.2) is 97.3 Å². The summed E-state index contributed by atoms with van der Waals surface area (Å²) in [6.45, 7) is 19.5. The fourth-order valence-corrected chi connectivity index (χ4v) is 5.86. The molecular formula is C33H22N6. The Balaban J connectivity index is 1.49. The molecule has 6 heteroatoms. The van der Waals surface area contributed by atoms with Crippen LogP contribution < -0.4 is 4.90 Å². The molecule has 6 aromatic rings. The zero-order valence-electron chi connectivity index (χ0n) is 21.4. The number of anilines is 3. The summed E-state index contributed by atoms with van der Waals surface area (Å²) in [6, 6.07) is 28.2. The molecule has 3 heterocycles. The van der Waals surface area contributed by atoms with E-state index >= 15 is 0 Å². The van der Waals surface area contributed by atoms with Gasteiger partial charge in [0.05, 0.1) is 47.9 Å². The van der Waals surface area contributed by atoms with E-state index in [1.807, 2.05) is 36.4 Å². The SMILES string of the molecule is [C-]#[N+]c1ccc2c(c1)c1cc([N+]#[C-])ccc1n2-c1cncc(N2c3ccccc3C(C)(C)c3ccccc32)n1. The average molecular weight is 503 g/mol. The number of rotatable bonds is 2. The zero-order valence-corrected chi connectivity index (χ0v) is 21.4. The van der Waals surface area contributed by atoms with Gasteiger partial charge in [-0.25, -0.2) is 14.7 Å². The number of benzene rings is 4. The van der Waals surface area contributed by atoms with Gasteiger partial charge in [-0.2, -0.15) is 0 Å². The van der Waals surface area contributed by atoms with Crippen molar-refractivity contribution in [1.29, 1.82) is 0 Å². The molecule has 0 spiro atoms. The van der Waals surface area contributed by atoms with Crippen LogP contribution in [0.25, 0.3) is 37.3 Å². The molecule has 1 aliphatic rings. The molecular weight excluding hydrogens is 480 g/mol. The molecule has 0 bridgehead atoms. The molecule has 4 aromatic carbocycles. The molecule has 0 fully saturated rings. The summed E-state index contributed by atoms with van der Waals surface area (Å²) >= 11 is 0. The summed E-state index contributed by atoms with van der Waals surface area (Å²) in [4.78, 5) is 19.3. The molecule has 0 N–H and O–H groups in total. The summed E-state index contributed by atoms with van der Waals surface area (Å²) in [7, 11) is 0. The van der Waals surface area contributed by atoms with Gasteiger partial charge in [0, 0.05) is 5.41 Å². The minimum Gasteiger partial charge on any atom is -0.293 e. The Kier molecular flexibility index (Phi) is 4.82. The van der Waals surface area contributed by atoms with Crippen molar-refractivity contribution in [3.8, 4) is 5.82 Å². The molecule has 0 atom stereocenters. The molecule has 0 saturated carbocycles. The predicted molar refractivity (Wildman–Crippen MR) is 156 cm³/mol. The smallest absolute Gasteiger partial charge is 0.188 e. The molecule has 2 aromatic heterocycles. The van der Waals surface area contributed by atoms with Gasteiger partial charge in [-0.3, -0.25) is 14.5 Å². The molecule has 7 rings (SSSR count). The fourth-order valence-electron chi connectivity index (χ4n) is 5.86. The number of fused-ring (bicyclic) bond motifs is 5. The number of aromatic nitrogens is 3. The lowest BCUT2D eigenvalue weighted by molar-refractivity contribution is 0.631. The van der Waals surface area contributed by atoms with Crippen molar-refractivity contribution in [3.63, 3.8) is 0 Å². The summed E-state index contributed by atoms with van der Waals surface area (Å²) in [5, 5.41) is 1.82. The Morgan fingerprint density at radius 2 is 1.18 bits per heavy atom. The van der Waals surface area contributed by atoms with Crippen LogP contribution in [0, 0.1) is 13.1 Å². The number of nitrogens with zero attached hydrogens (tertiary/aromatic N) is 6. The van der Waals surface area contributed by atoms with Gasteiger partial charge in [-0.1, -0.05) is 62.4 Å². The third-order valence-corrected chi connectivity index (χ3v) is 7.69. The van der Waals surface area contributed by atoms with Gasteiger partial charge in [-0.05, 0) is 58.3 Å². The highest BCUT2D eigenvalue weighted by molar-refractivity contribution is 6.11. The van der Waals surface area contributed by atoms with Crippen molar-refractivity contribution in [2.24, 2.45) is 0 Å². The Morgan fingerprint density at radius 1 is 0.667 bits per heavy atom. The third-order valence-electron chi connectivity index (χ3n) is 7.69. The largest absolute Gasteiger partial charge is 0.293 e. The van der Waals surface area contributed by atoms with Crippen LogP contribution in [-0.2, 0) is 5.41 Å². The Hall–Kier alpha value is -5.46. The van der Waals surface area contributed by atoms with Crippen molar-refractivity contribution in [2.45, 2.75) is 19.3 Å². The minimum atomic E-state index is -0.164. The van der Waals surface area contributed by atoms with Crippen molar-refractivity contribution in [1.82, 2.24) is 14.5 Å². The van der Waals surface area contributed by atoms with Gasteiger partial charge in [0.2, 0.25) is 0 Å². The fraction of sp³-hybridized carbons (Fsp3) is 0.0909. The van der Waals surface area contributed by atoms with E-state index in [0.717, 1.165) is 33.2 Å². The standard InChI is InChI=1S/C33H22N6/c1-33(2)25-9-5-7-11-29(25)39(30-12-8-6-10-26(30)33)32-20-36-19-31(37-32)38-27-15-13-21(34-3)17-23(27)24-18-22(35-4)14-16-28(24)38/h5-20H,1-2H3. The second kappa shape index (κ2) is 8.28.